The molecular formula is C41H51IrNO3-2. The number of rotatable bonds is 9. The summed E-state index contributed by atoms with van der Waals surface area (Å²) in [5, 5.41) is 14.1. The van der Waals surface area contributed by atoms with Gasteiger partial charge in [0, 0.05) is 50.6 Å². The number of hydrogen-bond donors (Lipinski definition) is 1. The van der Waals surface area contributed by atoms with Crippen molar-refractivity contribution < 1.29 is 34.4 Å². The van der Waals surface area contributed by atoms with Gasteiger partial charge in [-0.05, 0) is 63.8 Å². The zero-order chi connectivity index (χ0) is 32.1. The van der Waals surface area contributed by atoms with Gasteiger partial charge in [-0.15, -0.1) is 17.7 Å². The van der Waals surface area contributed by atoms with Gasteiger partial charge in [-0.1, -0.05) is 110 Å². The number of ketones is 1. The fourth-order valence-electron chi connectivity index (χ4n) is 5.76. The number of carbonyl (C=O) groups excluding carboxylic acids is 1. The quantitative estimate of drug-likeness (QED) is 0.0916. The number of pyridine rings is 1. The van der Waals surface area contributed by atoms with Gasteiger partial charge in [0.25, 0.3) is 0 Å². The van der Waals surface area contributed by atoms with Gasteiger partial charge in [0.1, 0.15) is 5.58 Å². The van der Waals surface area contributed by atoms with E-state index >= 15 is 0 Å². The van der Waals surface area contributed by atoms with Gasteiger partial charge < -0.3 is 21.9 Å². The van der Waals surface area contributed by atoms with Crippen molar-refractivity contribution in [2.75, 3.05) is 0 Å². The van der Waals surface area contributed by atoms with Crippen LogP contribution in [-0.2, 0) is 31.3 Å². The molecule has 3 aromatic carbocycles. The molecule has 0 bridgehead atoms. The molecule has 0 spiro atoms. The second-order valence-corrected chi connectivity index (χ2v) is 13.7. The first-order valence-corrected chi connectivity index (χ1v) is 16.0. The number of hydrogen-bond acceptors (Lipinski definition) is 4. The van der Waals surface area contributed by atoms with Crippen LogP contribution >= 0.6 is 0 Å². The Hall–Kier alpha value is -3.27. The van der Waals surface area contributed by atoms with Crippen LogP contribution in [0.5, 0.6) is 0 Å². The first kappa shape index (κ1) is 38.9. The number of furan rings is 1. The van der Waals surface area contributed by atoms with Gasteiger partial charge in [-0.3, -0.25) is 4.79 Å². The van der Waals surface area contributed by atoms with Crippen molar-refractivity contribution >= 4 is 38.5 Å². The van der Waals surface area contributed by atoms with Crippen LogP contribution in [0.2, 0.25) is 0 Å². The topological polar surface area (TPSA) is 63.3 Å². The Labute approximate surface area is 290 Å². The average Bonchev–Trinajstić information content (AvgIpc) is 3.29. The van der Waals surface area contributed by atoms with Crippen molar-refractivity contribution in [3.8, 4) is 11.3 Å². The number of aliphatic hydroxyl groups is 1. The van der Waals surface area contributed by atoms with Crippen molar-refractivity contribution in [1.82, 2.24) is 4.98 Å². The minimum atomic E-state index is 0. The van der Waals surface area contributed by atoms with E-state index in [1.54, 1.807) is 0 Å². The molecule has 1 N–H and O–H groups in total. The van der Waals surface area contributed by atoms with Gasteiger partial charge in [0.15, 0.2) is 5.78 Å². The summed E-state index contributed by atoms with van der Waals surface area (Å²) in [4.78, 5) is 16.2. The maximum absolute atomic E-state index is 11.2. The van der Waals surface area contributed by atoms with E-state index in [1.165, 1.54) is 28.0 Å². The average molecular weight is 798 g/mol. The number of aliphatic hydroxyl groups excluding tert-OH is 1. The zero-order valence-electron chi connectivity index (χ0n) is 29.2. The molecule has 46 heavy (non-hydrogen) atoms. The molecule has 0 saturated heterocycles. The molecule has 5 aromatic rings. The molecule has 0 saturated carbocycles. The van der Waals surface area contributed by atoms with E-state index in [-0.39, 0.29) is 39.1 Å². The summed E-state index contributed by atoms with van der Waals surface area (Å²) in [5.41, 5.74) is 7.42. The fraction of sp³-hybridized carbons (Fsp3) is 0.390. The Morgan fingerprint density at radius 2 is 1.54 bits per heavy atom. The number of carbonyl (C=O) groups is 1. The molecule has 2 heterocycles. The van der Waals surface area contributed by atoms with Crippen molar-refractivity contribution in [3.05, 3.63) is 96.7 Å². The predicted octanol–water partition coefficient (Wildman–Crippen LogP) is 11.8. The van der Waals surface area contributed by atoms with E-state index in [4.69, 9.17) is 9.40 Å². The standard InChI is InChI=1S/C29H28NO.C11H20O2.CH3.Ir/c1-17(2)12-20-10-11-22-23(15-20)26(18(3)4)16-30-28(22)25-14-19(5)13-24-21-8-6-7-9-27(21)31-29(24)25;1-8(2)5-10(12)7-11(13)6-9(3)4;;/h6-11,13,15-18H,12H2,1-5H3;7-9,12H,5-6H2,1-4H3;1H3;/q-1;;-1;/b;10-7-;;. The Morgan fingerprint density at radius 3 is 2.17 bits per heavy atom. The van der Waals surface area contributed by atoms with Crippen molar-refractivity contribution in [2.24, 2.45) is 17.8 Å². The molecule has 0 aliphatic rings. The second kappa shape index (κ2) is 17.0. The van der Waals surface area contributed by atoms with Crippen LogP contribution in [0.4, 0.5) is 0 Å². The Kier molecular flexibility index (Phi) is 14.4. The summed E-state index contributed by atoms with van der Waals surface area (Å²) in [6, 6.07) is 20.8. The smallest absolute Gasteiger partial charge is 0.159 e. The molecule has 249 valence electrons. The van der Waals surface area contributed by atoms with Crippen LogP contribution in [0.3, 0.4) is 0 Å². The molecule has 0 aliphatic heterocycles. The van der Waals surface area contributed by atoms with E-state index in [2.05, 4.69) is 77.1 Å². The van der Waals surface area contributed by atoms with Crippen molar-refractivity contribution in [3.63, 3.8) is 0 Å². The van der Waals surface area contributed by atoms with Crippen LogP contribution in [0.25, 0.3) is 44.0 Å². The summed E-state index contributed by atoms with van der Waals surface area (Å²) in [6.07, 6.45) is 5.59. The first-order chi connectivity index (χ1) is 20.8. The van der Waals surface area contributed by atoms with Crippen LogP contribution in [0, 0.1) is 38.2 Å². The fourth-order valence-corrected chi connectivity index (χ4v) is 5.76. The van der Waals surface area contributed by atoms with Crippen molar-refractivity contribution in [2.45, 2.75) is 87.5 Å². The van der Waals surface area contributed by atoms with Gasteiger partial charge in [0.05, 0.1) is 11.3 Å². The number of benzene rings is 3. The molecule has 4 nitrogen and oxygen atoms in total. The van der Waals surface area contributed by atoms with E-state index < -0.39 is 0 Å². The van der Waals surface area contributed by atoms with Gasteiger partial charge >= 0.3 is 0 Å². The third kappa shape index (κ3) is 9.62. The van der Waals surface area contributed by atoms with Crippen LogP contribution in [0.1, 0.15) is 90.8 Å². The van der Waals surface area contributed by atoms with Crippen LogP contribution in [0.15, 0.2) is 71.0 Å². The molecule has 0 unspecified atom stereocenters. The SMILES string of the molecule is CC(C)CC(=O)/C=C(\O)CC(C)C.Cc1[c-]c(-c2ncc(C(C)C)c3cc(CC(C)C)ccc23)c2oc3ccccc3c2c1.[CH3-].[Ir]. The normalized spacial score (nSPS) is 11.7. The summed E-state index contributed by atoms with van der Waals surface area (Å²) < 4.78 is 6.32. The second-order valence-electron chi connectivity index (χ2n) is 13.7. The summed E-state index contributed by atoms with van der Waals surface area (Å²) in [5.74, 6) is 2.01. The van der Waals surface area contributed by atoms with Gasteiger partial charge in [0.2, 0.25) is 0 Å². The number of fused-ring (bicyclic) bond motifs is 4. The Bertz CT molecular complexity index is 1790. The number of allylic oxidation sites excluding steroid dienone is 2. The minimum absolute atomic E-state index is 0. The number of aryl methyl sites for hydroxylation is 1. The molecule has 0 aliphatic carbocycles. The molecule has 0 fully saturated rings. The van der Waals surface area contributed by atoms with Crippen LogP contribution < -0.4 is 0 Å². The summed E-state index contributed by atoms with van der Waals surface area (Å²) in [7, 11) is 0. The molecule has 5 heteroatoms. The minimum Gasteiger partial charge on any atom is -0.512 e. The molecule has 2 aromatic heterocycles. The monoisotopic (exact) mass is 798 g/mol. The molecule has 5 rings (SSSR count). The van der Waals surface area contributed by atoms with E-state index in [9.17, 15) is 9.90 Å². The maximum atomic E-state index is 11.2. The maximum Gasteiger partial charge on any atom is 0.159 e. The third-order valence-corrected chi connectivity index (χ3v) is 7.58. The predicted molar refractivity (Wildman–Crippen MR) is 192 cm³/mol. The first-order valence-electron chi connectivity index (χ1n) is 16.0. The number of nitrogens with zero attached hydrogens (tertiary/aromatic N) is 1. The molecule has 0 atom stereocenters. The van der Waals surface area contributed by atoms with Gasteiger partial charge in [-0.25, -0.2) is 0 Å². The largest absolute Gasteiger partial charge is 0.512 e. The third-order valence-electron chi connectivity index (χ3n) is 7.58. The summed E-state index contributed by atoms with van der Waals surface area (Å²) >= 11 is 0. The van der Waals surface area contributed by atoms with Gasteiger partial charge in [-0.2, -0.15) is 0 Å². The van der Waals surface area contributed by atoms with E-state index in [0.717, 1.165) is 45.2 Å². The van der Waals surface area contributed by atoms with E-state index in [1.807, 2.05) is 46.0 Å². The Morgan fingerprint density at radius 1 is 0.870 bits per heavy atom. The summed E-state index contributed by atoms with van der Waals surface area (Å²) in [6.45, 7) is 19.1. The van der Waals surface area contributed by atoms with Crippen LogP contribution in [-0.4, -0.2) is 15.9 Å². The van der Waals surface area contributed by atoms with Crippen molar-refractivity contribution in [1.29, 1.82) is 0 Å². The Balaban J connectivity index is 0.000000423. The molecule has 0 amide bonds. The number of aromatic nitrogens is 1. The molecule has 1 radical (unpaired) electrons. The number of para-hydroxylation sites is 1. The van der Waals surface area contributed by atoms with E-state index in [0.29, 0.717) is 36.5 Å². The zero-order valence-corrected chi connectivity index (χ0v) is 31.6. The molecular weight excluding hydrogens is 747 g/mol.